The topological polar surface area (TPSA) is 49.8 Å². The average molecular weight is 407 g/mol. The molecule has 0 fully saturated rings. The zero-order chi connectivity index (χ0) is 21.8. The maximum atomic E-state index is 13.1. The van der Waals surface area contributed by atoms with E-state index in [0.29, 0.717) is 17.1 Å². The maximum Gasteiger partial charge on any atom is 0.343 e. The van der Waals surface area contributed by atoms with Crippen LogP contribution in [0.1, 0.15) is 32.6 Å². The average Bonchev–Trinajstić information content (AvgIpc) is 2.71. The van der Waals surface area contributed by atoms with Gasteiger partial charge in [-0.2, -0.15) is 0 Å². The van der Waals surface area contributed by atoms with E-state index in [1.807, 2.05) is 51.0 Å². The molecule has 0 radical (unpaired) electrons. The fourth-order valence-corrected chi connectivity index (χ4v) is 3.34. The lowest BCUT2D eigenvalue weighted by Crippen LogP contribution is -2.13. The molecule has 0 aliphatic rings. The molecule has 0 aliphatic heterocycles. The summed E-state index contributed by atoms with van der Waals surface area (Å²) in [4.78, 5) is 14.6. The molecule has 3 rings (SSSR count). The summed E-state index contributed by atoms with van der Waals surface area (Å²) in [5.41, 5.74) is 5.20. The molecule has 30 heavy (non-hydrogen) atoms. The van der Waals surface area contributed by atoms with Crippen LogP contribution in [0.25, 0.3) is 0 Å². The van der Waals surface area contributed by atoms with Gasteiger partial charge >= 0.3 is 5.97 Å². The molecule has 0 saturated heterocycles. The number of aromatic hydroxyl groups is 1. The molecule has 1 N–H and O–H groups in total. The van der Waals surface area contributed by atoms with Gasteiger partial charge in [-0.15, -0.1) is 0 Å². The molecule has 5 heteroatoms. The summed E-state index contributed by atoms with van der Waals surface area (Å²) in [7, 11) is 3.84. The van der Waals surface area contributed by atoms with Crippen molar-refractivity contribution in [2.45, 2.75) is 26.7 Å². The number of halogens is 1. The number of hydrogen-bond donors (Lipinski definition) is 1. The fourth-order valence-electron chi connectivity index (χ4n) is 3.34. The lowest BCUT2D eigenvalue weighted by Gasteiger charge is -2.16. The highest BCUT2D eigenvalue weighted by molar-refractivity contribution is 5.92. The Kier molecular flexibility index (Phi) is 6.40. The van der Waals surface area contributed by atoms with Crippen molar-refractivity contribution in [2.24, 2.45) is 0 Å². The van der Waals surface area contributed by atoms with Crippen molar-refractivity contribution < 1.29 is 19.0 Å². The predicted molar refractivity (Wildman–Crippen MR) is 117 cm³/mol. The Morgan fingerprint density at radius 3 is 2.07 bits per heavy atom. The number of benzene rings is 3. The third kappa shape index (κ3) is 5.17. The van der Waals surface area contributed by atoms with E-state index in [0.717, 1.165) is 40.8 Å². The molecule has 0 heterocycles. The summed E-state index contributed by atoms with van der Waals surface area (Å²) in [5, 5.41) is 9.97. The van der Waals surface area contributed by atoms with Crippen LogP contribution in [0.4, 0.5) is 10.1 Å². The van der Waals surface area contributed by atoms with Crippen molar-refractivity contribution in [1.82, 2.24) is 0 Å². The first kappa shape index (κ1) is 21.4. The quantitative estimate of drug-likeness (QED) is 0.450. The van der Waals surface area contributed by atoms with Gasteiger partial charge in [0.05, 0.1) is 5.56 Å². The molecule has 156 valence electrons. The number of nitrogens with zero attached hydrogens (tertiary/aromatic N) is 1. The number of phenolic OH excluding ortho intramolecular Hbond substituents is 1. The molecule has 0 amide bonds. The largest absolute Gasteiger partial charge is 0.507 e. The molecule has 0 saturated carbocycles. The number of carbonyl (C=O) groups excluding carboxylic acids is 1. The van der Waals surface area contributed by atoms with E-state index in [1.165, 1.54) is 24.3 Å². The van der Waals surface area contributed by atoms with Gasteiger partial charge in [-0.1, -0.05) is 12.1 Å². The summed E-state index contributed by atoms with van der Waals surface area (Å²) >= 11 is 0. The second-order valence-corrected chi connectivity index (χ2v) is 7.70. The minimum atomic E-state index is -0.483. The predicted octanol–water partition coefficient (Wildman–Crippen LogP) is 5.22. The van der Waals surface area contributed by atoms with Gasteiger partial charge < -0.3 is 14.7 Å². The van der Waals surface area contributed by atoms with E-state index in [-0.39, 0.29) is 5.82 Å². The zero-order valence-corrected chi connectivity index (χ0v) is 17.7. The van der Waals surface area contributed by atoms with Gasteiger partial charge in [-0.3, -0.25) is 0 Å². The fraction of sp³-hybridized carbons (Fsp3) is 0.240. The monoisotopic (exact) mass is 407 g/mol. The Hall–Kier alpha value is -3.34. The Labute approximate surface area is 176 Å². The third-order valence-corrected chi connectivity index (χ3v) is 5.01. The summed E-state index contributed by atoms with van der Waals surface area (Å²) in [6, 6.07) is 15.0. The molecule has 3 aromatic carbocycles. The van der Waals surface area contributed by atoms with Crippen LogP contribution in [0.5, 0.6) is 11.5 Å². The Morgan fingerprint density at radius 1 is 0.933 bits per heavy atom. The standard InChI is InChI=1S/C25H26FNO3/c1-16-11-18(12-17(2)24(16)28)5-6-19-13-20(15-22(14-19)27(3)4)25(29)30-23-9-7-21(26)8-10-23/h7-15,28H,5-6H2,1-4H3. The highest BCUT2D eigenvalue weighted by Gasteiger charge is 2.13. The van der Waals surface area contributed by atoms with Crippen molar-refractivity contribution in [3.63, 3.8) is 0 Å². The Morgan fingerprint density at radius 2 is 1.50 bits per heavy atom. The summed E-state index contributed by atoms with van der Waals surface area (Å²) in [5.74, 6) is -0.235. The third-order valence-electron chi connectivity index (χ3n) is 5.01. The summed E-state index contributed by atoms with van der Waals surface area (Å²) in [6.45, 7) is 3.78. The van der Waals surface area contributed by atoms with Crippen molar-refractivity contribution in [3.8, 4) is 11.5 Å². The van der Waals surface area contributed by atoms with Crippen LogP contribution in [-0.4, -0.2) is 25.2 Å². The van der Waals surface area contributed by atoms with Gasteiger partial charge in [0.1, 0.15) is 17.3 Å². The number of carbonyl (C=O) groups is 1. The van der Waals surface area contributed by atoms with Crippen LogP contribution in [0.15, 0.2) is 54.6 Å². The number of rotatable bonds is 6. The van der Waals surface area contributed by atoms with Crippen LogP contribution in [0, 0.1) is 19.7 Å². The highest BCUT2D eigenvalue weighted by Crippen LogP contribution is 2.25. The van der Waals surface area contributed by atoms with Crippen LogP contribution in [0.3, 0.4) is 0 Å². The SMILES string of the molecule is Cc1cc(CCc2cc(C(=O)Oc3ccc(F)cc3)cc(N(C)C)c2)cc(C)c1O. The van der Waals surface area contributed by atoms with Crippen LogP contribution < -0.4 is 9.64 Å². The zero-order valence-electron chi connectivity index (χ0n) is 17.7. The van der Waals surface area contributed by atoms with E-state index in [2.05, 4.69) is 6.07 Å². The van der Waals surface area contributed by atoms with Crippen LogP contribution >= 0.6 is 0 Å². The minimum absolute atomic E-state index is 0.299. The van der Waals surface area contributed by atoms with Crippen LogP contribution in [-0.2, 0) is 12.8 Å². The van der Waals surface area contributed by atoms with Crippen molar-refractivity contribution in [1.29, 1.82) is 0 Å². The molecule has 3 aromatic rings. The molecule has 0 atom stereocenters. The second kappa shape index (κ2) is 8.99. The Bertz CT molecular complexity index is 1040. The molecule has 0 aromatic heterocycles. The van der Waals surface area contributed by atoms with Gasteiger partial charge in [-0.25, -0.2) is 9.18 Å². The molecular formula is C25H26FNO3. The maximum absolute atomic E-state index is 13.1. The van der Waals surface area contributed by atoms with E-state index in [4.69, 9.17) is 4.74 Å². The smallest absolute Gasteiger partial charge is 0.343 e. The summed E-state index contributed by atoms with van der Waals surface area (Å²) in [6.07, 6.45) is 1.52. The lowest BCUT2D eigenvalue weighted by molar-refractivity contribution is 0.0734. The number of esters is 1. The molecule has 0 spiro atoms. The molecule has 0 bridgehead atoms. The molecule has 4 nitrogen and oxygen atoms in total. The molecule has 0 unspecified atom stereocenters. The normalized spacial score (nSPS) is 10.7. The minimum Gasteiger partial charge on any atom is -0.507 e. The van der Waals surface area contributed by atoms with Gasteiger partial charge in [0, 0.05) is 19.8 Å². The van der Waals surface area contributed by atoms with Crippen molar-refractivity contribution in [3.05, 3.63) is 88.2 Å². The lowest BCUT2D eigenvalue weighted by atomic mass is 9.98. The van der Waals surface area contributed by atoms with Gasteiger partial charge in [0.15, 0.2) is 0 Å². The molecular weight excluding hydrogens is 381 g/mol. The number of hydrogen-bond acceptors (Lipinski definition) is 4. The number of anilines is 1. The van der Waals surface area contributed by atoms with Gasteiger partial charge in [0.2, 0.25) is 0 Å². The molecule has 0 aliphatic carbocycles. The first-order valence-electron chi connectivity index (χ1n) is 9.81. The van der Waals surface area contributed by atoms with Crippen molar-refractivity contribution >= 4 is 11.7 Å². The number of ether oxygens (including phenoxy) is 1. The second-order valence-electron chi connectivity index (χ2n) is 7.70. The number of aryl methyl sites for hydroxylation is 4. The van der Waals surface area contributed by atoms with Gasteiger partial charge in [-0.05, 0) is 91.4 Å². The van der Waals surface area contributed by atoms with E-state index in [9.17, 15) is 14.3 Å². The summed E-state index contributed by atoms with van der Waals surface area (Å²) < 4.78 is 18.5. The van der Waals surface area contributed by atoms with E-state index < -0.39 is 5.97 Å². The van der Waals surface area contributed by atoms with E-state index in [1.54, 1.807) is 6.07 Å². The highest BCUT2D eigenvalue weighted by atomic mass is 19.1. The van der Waals surface area contributed by atoms with Gasteiger partial charge in [0.25, 0.3) is 0 Å². The van der Waals surface area contributed by atoms with Crippen LogP contribution in [0.2, 0.25) is 0 Å². The first-order chi connectivity index (χ1) is 14.2. The van der Waals surface area contributed by atoms with Crippen molar-refractivity contribution in [2.75, 3.05) is 19.0 Å². The van der Waals surface area contributed by atoms with E-state index >= 15 is 0 Å². The number of phenols is 1. The first-order valence-corrected chi connectivity index (χ1v) is 9.81. The Balaban J connectivity index is 1.81.